The monoisotopic (exact) mass is 401 g/mol. The van der Waals surface area contributed by atoms with Crippen molar-refractivity contribution < 1.29 is 24.5 Å². The average molecular weight is 402 g/mol. The normalized spacial score (nSPS) is 38.7. The van der Waals surface area contributed by atoms with Crippen LogP contribution in [-0.2, 0) is 21.4 Å². The van der Waals surface area contributed by atoms with E-state index in [0.29, 0.717) is 6.42 Å². The van der Waals surface area contributed by atoms with Crippen LogP contribution in [-0.4, -0.2) is 65.1 Å². The van der Waals surface area contributed by atoms with E-state index >= 15 is 0 Å². The van der Waals surface area contributed by atoms with Gasteiger partial charge in [0.25, 0.3) is 0 Å². The summed E-state index contributed by atoms with van der Waals surface area (Å²) in [5.41, 5.74) is 0.749. The molecule has 0 spiro atoms. The number of fused-ring (bicyclic) bond motifs is 1. The van der Waals surface area contributed by atoms with Crippen molar-refractivity contribution in [3.63, 3.8) is 0 Å². The van der Waals surface area contributed by atoms with Crippen LogP contribution in [0.25, 0.3) is 0 Å². The number of likely N-dealkylation sites (tertiary alicyclic amines) is 1. The second-order valence-electron chi connectivity index (χ2n) is 9.56. The molecule has 1 aromatic carbocycles. The number of benzene rings is 1. The zero-order chi connectivity index (χ0) is 20.4. The third kappa shape index (κ3) is 2.91. The minimum absolute atomic E-state index is 0.0225. The lowest BCUT2D eigenvalue weighted by Crippen LogP contribution is -2.75. The van der Waals surface area contributed by atoms with Crippen molar-refractivity contribution in [2.75, 3.05) is 20.2 Å². The molecule has 29 heavy (non-hydrogen) atoms. The maximum absolute atomic E-state index is 12.2. The molecule has 5 atom stereocenters. The Labute approximate surface area is 171 Å². The third-order valence-corrected chi connectivity index (χ3v) is 7.90. The van der Waals surface area contributed by atoms with E-state index in [1.165, 1.54) is 25.3 Å². The van der Waals surface area contributed by atoms with Crippen molar-refractivity contribution in [1.82, 2.24) is 4.90 Å². The van der Waals surface area contributed by atoms with Crippen molar-refractivity contribution in [1.29, 1.82) is 0 Å². The Morgan fingerprint density at radius 2 is 2.10 bits per heavy atom. The molecule has 0 radical (unpaired) electrons. The van der Waals surface area contributed by atoms with Gasteiger partial charge in [0.2, 0.25) is 0 Å². The first-order valence-corrected chi connectivity index (χ1v) is 10.9. The predicted molar refractivity (Wildman–Crippen MR) is 107 cm³/mol. The van der Waals surface area contributed by atoms with E-state index in [1.807, 2.05) is 6.07 Å². The highest BCUT2D eigenvalue weighted by molar-refractivity contribution is 5.66. The summed E-state index contributed by atoms with van der Waals surface area (Å²) < 4.78 is 11.0. The zero-order valence-electron chi connectivity index (χ0n) is 17.3. The van der Waals surface area contributed by atoms with Crippen LogP contribution in [0, 0.1) is 5.92 Å². The standard InChI is InChI=1S/C23H31NO5/c1-14(25)29-20-12-22-7-8-24(13-15-3-4-15)21(23(22,27)11-19(20)26)9-16-5-6-17(28-2)10-18(16)22/h5-6,10,15,19-21,26-27H,3-4,7-9,11-13H2,1-2H3/t19?,20?,21-,22-,23-/m1/s1. The van der Waals surface area contributed by atoms with Gasteiger partial charge in [-0.3, -0.25) is 9.69 Å². The molecule has 1 saturated heterocycles. The van der Waals surface area contributed by atoms with Gasteiger partial charge in [0.1, 0.15) is 11.9 Å². The summed E-state index contributed by atoms with van der Waals surface area (Å²) in [6, 6.07) is 6.14. The van der Waals surface area contributed by atoms with E-state index in [4.69, 9.17) is 9.47 Å². The lowest BCUT2D eigenvalue weighted by Gasteiger charge is -2.65. The Kier molecular flexibility index (Phi) is 4.46. The Morgan fingerprint density at radius 1 is 1.31 bits per heavy atom. The van der Waals surface area contributed by atoms with Crippen molar-refractivity contribution in [3.8, 4) is 5.75 Å². The number of piperidine rings is 1. The fraction of sp³-hybridized carbons (Fsp3) is 0.696. The number of carbonyl (C=O) groups excluding carboxylic acids is 1. The molecule has 1 heterocycles. The average Bonchev–Trinajstić information content (AvgIpc) is 3.48. The summed E-state index contributed by atoms with van der Waals surface area (Å²) in [4.78, 5) is 14.1. The quantitative estimate of drug-likeness (QED) is 0.749. The number of ether oxygens (including phenoxy) is 2. The molecule has 3 aliphatic carbocycles. The Hall–Kier alpha value is -1.63. The maximum Gasteiger partial charge on any atom is 0.302 e. The van der Waals surface area contributed by atoms with Crippen LogP contribution in [0.4, 0.5) is 0 Å². The molecule has 3 fully saturated rings. The van der Waals surface area contributed by atoms with Crippen LogP contribution in [0.5, 0.6) is 5.75 Å². The van der Waals surface area contributed by atoms with Gasteiger partial charge in [-0.2, -0.15) is 0 Å². The Balaban J connectivity index is 1.61. The lowest BCUT2D eigenvalue weighted by molar-refractivity contribution is -0.217. The van der Waals surface area contributed by atoms with Crippen LogP contribution < -0.4 is 4.74 Å². The second kappa shape index (κ2) is 6.69. The number of carbonyl (C=O) groups is 1. The molecule has 0 amide bonds. The fourth-order valence-corrected chi connectivity index (χ4v) is 6.34. The molecule has 2 saturated carbocycles. The van der Waals surface area contributed by atoms with Gasteiger partial charge in [-0.1, -0.05) is 6.07 Å². The van der Waals surface area contributed by atoms with E-state index in [2.05, 4.69) is 17.0 Å². The number of aliphatic hydroxyl groups is 2. The second-order valence-corrected chi connectivity index (χ2v) is 9.56. The van der Waals surface area contributed by atoms with E-state index in [1.54, 1.807) is 7.11 Å². The van der Waals surface area contributed by atoms with Gasteiger partial charge in [-0.25, -0.2) is 0 Å². The van der Waals surface area contributed by atoms with E-state index in [9.17, 15) is 15.0 Å². The van der Waals surface area contributed by atoms with Gasteiger partial charge in [0, 0.05) is 31.3 Å². The van der Waals surface area contributed by atoms with Crippen molar-refractivity contribution >= 4 is 5.97 Å². The molecule has 1 aromatic rings. The number of esters is 1. The zero-order valence-corrected chi connectivity index (χ0v) is 17.3. The first-order valence-electron chi connectivity index (χ1n) is 10.9. The minimum atomic E-state index is -1.05. The van der Waals surface area contributed by atoms with Crippen LogP contribution in [0.1, 0.15) is 50.2 Å². The van der Waals surface area contributed by atoms with Gasteiger partial charge in [0.15, 0.2) is 0 Å². The van der Waals surface area contributed by atoms with Gasteiger partial charge >= 0.3 is 5.97 Å². The maximum atomic E-state index is 12.2. The SMILES string of the molecule is COc1ccc2c(c1)[C@]13CCN(CC4CC4)[C@H](C2)[C@]1(O)CC(O)C(OC(C)=O)C3. The predicted octanol–water partition coefficient (Wildman–Crippen LogP) is 1.79. The summed E-state index contributed by atoms with van der Waals surface area (Å²) in [5.74, 6) is 1.13. The molecule has 0 aromatic heterocycles. The van der Waals surface area contributed by atoms with Crippen molar-refractivity contribution in [2.24, 2.45) is 5.92 Å². The van der Waals surface area contributed by atoms with Crippen molar-refractivity contribution in [3.05, 3.63) is 29.3 Å². The Bertz CT molecular complexity index is 823. The fourth-order valence-electron chi connectivity index (χ4n) is 6.34. The van der Waals surface area contributed by atoms with Gasteiger partial charge < -0.3 is 19.7 Å². The molecule has 6 nitrogen and oxygen atoms in total. The number of hydrogen-bond donors (Lipinski definition) is 2. The largest absolute Gasteiger partial charge is 0.497 e. The number of methoxy groups -OCH3 is 1. The van der Waals surface area contributed by atoms with Gasteiger partial charge in [0.05, 0.1) is 18.8 Å². The minimum Gasteiger partial charge on any atom is -0.497 e. The molecule has 2 N–H and O–H groups in total. The highest BCUT2D eigenvalue weighted by Gasteiger charge is 2.67. The summed E-state index contributed by atoms with van der Waals surface area (Å²) in [6.45, 7) is 3.32. The molecule has 1 aliphatic heterocycles. The number of aliphatic hydroxyl groups excluding tert-OH is 1. The molecule has 158 valence electrons. The molecular formula is C23H31NO5. The van der Waals surface area contributed by atoms with E-state index in [-0.39, 0.29) is 18.4 Å². The molecule has 2 bridgehead atoms. The van der Waals surface area contributed by atoms with Crippen molar-refractivity contribution in [2.45, 2.75) is 74.7 Å². The summed E-state index contributed by atoms with van der Waals surface area (Å²) in [7, 11) is 1.65. The molecule has 4 aliphatic rings. The highest BCUT2D eigenvalue weighted by Crippen LogP contribution is 2.59. The number of hydrogen-bond acceptors (Lipinski definition) is 6. The first-order chi connectivity index (χ1) is 13.9. The van der Waals surface area contributed by atoms with E-state index < -0.39 is 23.2 Å². The Morgan fingerprint density at radius 3 is 2.79 bits per heavy atom. The molecular weight excluding hydrogens is 370 g/mol. The molecule has 5 rings (SSSR count). The summed E-state index contributed by atoms with van der Waals surface area (Å²) >= 11 is 0. The van der Waals surface area contributed by atoms with Crippen LogP contribution >= 0.6 is 0 Å². The third-order valence-electron chi connectivity index (χ3n) is 7.90. The van der Waals surface area contributed by atoms with Crippen LogP contribution in [0.2, 0.25) is 0 Å². The van der Waals surface area contributed by atoms with Gasteiger partial charge in [-0.15, -0.1) is 0 Å². The number of rotatable bonds is 4. The number of nitrogens with zero attached hydrogens (tertiary/aromatic N) is 1. The first kappa shape index (κ1) is 19.3. The highest BCUT2D eigenvalue weighted by atomic mass is 16.6. The lowest BCUT2D eigenvalue weighted by atomic mass is 9.48. The molecule has 6 heteroatoms. The topological polar surface area (TPSA) is 79.2 Å². The van der Waals surface area contributed by atoms with Crippen LogP contribution in [0.15, 0.2) is 18.2 Å². The van der Waals surface area contributed by atoms with Crippen LogP contribution in [0.3, 0.4) is 0 Å². The molecule has 2 unspecified atom stereocenters. The smallest absolute Gasteiger partial charge is 0.302 e. The van der Waals surface area contributed by atoms with Gasteiger partial charge in [-0.05, 0) is 67.8 Å². The summed E-state index contributed by atoms with van der Waals surface area (Å²) in [6.07, 6.45) is 3.33. The van der Waals surface area contributed by atoms with E-state index in [0.717, 1.165) is 43.2 Å². The summed E-state index contributed by atoms with van der Waals surface area (Å²) in [5, 5.41) is 23.0.